The first-order valence-corrected chi connectivity index (χ1v) is 9.88. The van der Waals surface area contributed by atoms with Crippen molar-refractivity contribution in [2.45, 2.75) is 13.8 Å². The van der Waals surface area contributed by atoms with Crippen LogP contribution in [0.15, 0.2) is 30.3 Å². The molecule has 1 amide bonds. The third kappa shape index (κ3) is 4.74. The van der Waals surface area contributed by atoms with Gasteiger partial charge in [-0.05, 0) is 43.2 Å². The highest BCUT2D eigenvalue weighted by molar-refractivity contribution is 6.33. The van der Waals surface area contributed by atoms with Crippen molar-refractivity contribution in [3.63, 3.8) is 0 Å². The molecule has 0 aromatic heterocycles. The number of hydrogen-bond donors (Lipinski definition) is 0. The van der Waals surface area contributed by atoms with Gasteiger partial charge in [0.1, 0.15) is 11.4 Å². The van der Waals surface area contributed by atoms with Crippen molar-refractivity contribution in [3.05, 3.63) is 61.6 Å². The number of nitro benzene ring substituents is 1. The molecule has 0 radical (unpaired) electrons. The van der Waals surface area contributed by atoms with Crippen LogP contribution in [0, 0.1) is 24.0 Å². The Labute approximate surface area is 178 Å². The summed E-state index contributed by atoms with van der Waals surface area (Å²) >= 11 is 12.4. The first-order valence-electron chi connectivity index (χ1n) is 9.13. The molecule has 7 nitrogen and oxygen atoms in total. The summed E-state index contributed by atoms with van der Waals surface area (Å²) < 4.78 is 5.64. The highest BCUT2D eigenvalue weighted by Crippen LogP contribution is 2.35. The molecule has 3 rings (SSSR count). The number of amides is 1. The number of ether oxygens (including phenoxy) is 1. The van der Waals surface area contributed by atoms with Gasteiger partial charge in [0.05, 0.1) is 9.95 Å². The van der Waals surface area contributed by atoms with Gasteiger partial charge in [-0.25, -0.2) is 0 Å². The second-order valence-electron chi connectivity index (χ2n) is 6.89. The summed E-state index contributed by atoms with van der Waals surface area (Å²) in [6.45, 7) is 5.47. The normalized spacial score (nSPS) is 14.1. The Morgan fingerprint density at radius 1 is 1.14 bits per heavy atom. The van der Waals surface area contributed by atoms with Gasteiger partial charge in [-0.15, -0.1) is 0 Å². The number of halogens is 2. The molecule has 1 aliphatic rings. The number of anilines is 1. The molecule has 2 aromatic rings. The van der Waals surface area contributed by atoms with E-state index < -0.39 is 4.92 Å². The fraction of sp³-hybridized carbons (Fsp3) is 0.350. The summed E-state index contributed by atoms with van der Waals surface area (Å²) in [5, 5.41) is 12.3. The van der Waals surface area contributed by atoms with Gasteiger partial charge in [0.25, 0.3) is 11.6 Å². The second kappa shape index (κ2) is 8.88. The number of benzene rings is 2. The Kier molecular flexibility index (Phi) is 6.49. The van der Waals surface area contributed by atoms with Crippen molar-refractivity contribution < 1.29 is 14.5 Å². The minimum Gasteiger partial charge on any atom is -0.484 e. The minimum absolute atomic E-state index is 0.0333. The predicted octanol–water partition coefficient (Wildman–Crippen LogP) is 4.25. The predicted molar refractivity (Wildman–Crippen MR) is 113 cm³/mol. The molecule has 2 aromatic carbocycles. The number of carbonyl (C=O) groups is 1. The van der Waals surface area contributed by atoms with E-state index in [1.165, 1.54) is 6.07 Å². The molecule has 0 N–H and O–H groups in total. The number of hydrogen-bond acceptors (Lipinski definition) is 5. The van der Waals surface area contributed by atoms with E-state index in [4.69, 9.17) is 27.9 Å². The van der Waals surface area contributed by atoms with Crippen LogP contribution in [0.1, 0.15) is 11.1 Å². The lowest BCUT2D eigenvalue weighted by molar-refractivity contribution is -0.384. The smallest absolute Gasteiger partial charge is 0.294 e. The molecule has 1 saturated heterocycles. The minimum atomic E-state index is -0.442. The molecule has 0 aliphatic carbocycles. The molecule has 29 heavy (non-hydrogen) atoms. The van der Waals surface area contributed by atoms with E-state index in [0.29, 0.717) is 47.7 Å². The summed E-state index contributed by atoms with van der Waals surface area (Å²) in [5.74, 6) is 0.464. The van der Waals surface area contributed by atoms with Gasteiger partial charge in [0, 0.05) is 37.3 Å². The third-order valence-corrected chi connectivity index (χ3v) is 5.78. The highest BCUT2D eigenvalue weighted by Gasteiger charge is 2.27. The highest BCUT2D eigenvalue weighted by atomic mass is 35.5. The zero-order valence-electron chi connectivity index (χ0n) is 16.2. The van der Waals surface area contributed by atoms with Crippen LogP contribution in [0.5, 0.6) is 5.75 Å². The fourth-order valence-electron chi connectivity index (χ4n) is 3.37. The van der Waals surface area contributed by atoms with Crippen LogP contribution >= 0.6 is 23.2 Å². The second-order valence-corrected chi connectivity index (χ2v) is 7.68. The molecular weight excluding hydrogens is 417 g/mol. The molecule has 1 heterocycles. The molecule has 0 spiro atoms. The van der Waals surface area contributed by atoms with Crippen molar-refractivity contribution in [1.82, 2.24) is 4.90 Å². The Hall–Kier alpha value is -2.51. The summed E-state index contributed by atoms with van der Waals surface area (Å²) in [7, 11) is 0. The molecule has 1 fully saturated rings. The number of nitrogens with zero attached hydrogens (tertiary/aromatic N) is 3. The SMILES string of the molecule is Cc1cc(OCC(=O)N2CCN(c3c(Cl)cccc3[N+](=O)[O-])CC2)cc(C)c1Cl. The summed E-state index contributed by atoms with van der Waals surface area (Å²) in [6.07, 6.45) is 0. The monoisotopic (exact) mass is 437 g/mol. The number of piperazine rings is 1. The Morgan fingerprint density at radius 3 is 2.34 bits per heavy atom. The van der Waals surface area contributed by atoms with Gasteiger partial charge >= 0.3 is 0 Å². The topological polar surface area (TPSA) is 75.9 Å². The maximum absolute atomic E-state index is 12.5. The number of carbonyl (C=O) groups excluding carboxylic acids is 1. The Balaban J connectivity index is 1.60. The maximum atomic E-state index is 12.5. The Morgan fingerprint density at radius 2 is 1.76 bits per heavy atom. The van der Waals surface area contributed by atoms with Gasteiger partial charge < -0.3 is 14.5 Å². The molecule has 0 atom stereocenters. The van der Waals surface area contributed by atoms with Crippen molar-refractivity contribution in [1.29, 1.82) is 0 Å². The van der Waals surface area contributed by atoms with E-state index in [1.54, 1.807) is 29.2 Å². The van der Waals surface area contributed by atoms with Crippen molar-refractivity contribution >= 4 is 40.5 Å². The summed E-state index contributed by atoms with van der Waals surface area (Å²) in [5.41, 5.74) is 2.15. The first-order chi connectivity index (χ1) is 13.8. The van der Waals surface area contributed by atoms with Gasteiger partial charge in [-0.1, -0.05) is 29.3 Å². The molecule has 0 saturated carbocycles. The number of nitro groups is 1. The van der Waals surface area contributed by atoms with Crippen molar-refractivity contribution in [3.8, 4) is 5.75 Å². The van der Waals surface area contributed by atoms with E-state index in [1.807, 2.05) is 18.7 Å². The fourth-order valence-corrected chi connectivity index (χ4v) is 3.77. The van der Waals surface area contributed by atoms with E-state index in [-0.39, 0.29) is 18.2 Å². The number of rotatable bonds is 5. The van der Waals surface area contributed by atoms with Crippen LogP contribution < -0.4 is 9.64 Å². The van der Waals surface area contributed by atoms with Gasteiger partial charge in [0.15, 0.2) is 6.61 Å². The van der Waals surface area contributed by atoms with Gasteiger partial charge in [-0.2, -0.15) is 0 Å². The lowest BCUT2D eigenvalue weighted by atomic mass is 10.1. The van der Waals surface area contributed by atoms with E-state index in [9.17, 15) is 14.9 Å². The van der Waals surface area contributed by atoms with Crippen LogP contribution in [0.25, 0.3) is 0 Å². The van der Waals surface area contributed by atoms with Crippen molar-refractivity contribution in [2.75, 3.05) is 37.7 Å². The van der Waals surface area contributed by atoms with E-state index >= 15 is 0 Å². The molecular formula is C20H21Cl2N3O4. The number of aryl methyl sites for hydroxylation is 2. The van der Waals surface area contributed by atoms with Crippen LogP contribution in [-0.2, 0) is 4.79 Å². The van der Waals surface area contributed by atoms with Crippen molar-refractivity contribution in [2.24, 2.45) is 0 Å². The zero-order chi connectivity index (χ0) is 21.1. The zero-order valence-corrected chi connectivity index (χ0v) is 17.7. The molecule has 9 heteroatoms. The maximum Gasteiger partial charge on any atom is 0.294 e. The lowest BCUT2D eigenvalue weighted by Gasteiger charge is -2.36. The summed E-state index contributed by atoms with van der Waals surface area (Å²) in [6, 6.07) is 8.23. The van der Waals surface area contributed by atoms with Gasteiger partial charge in [0.2, 0.25) is 0 Å². The first kappa shape index (κ1) is 21.2. The van der Waals surface area contributed by atoms with Crippen LogP contribution in [0.4, 0.5) is 11.4 Å². The van der Waals surface area contributed by atoms with Crippen LogP contribution in [0.3, 0.4) is 0 Å². The molecule has 154 valence electrons. The molecule has 0 bridgehead atoms. The van der Waals surface area contributed by atoms with Crippen LogP contribution in [0.2, 0.25) is 10.0 Å². The molecule has 0 unspecified atom stereocenters. The Bertz CT molecular complexity index is 920. The number of para-hydroxylation sites is 1. The molecule has 1 aliphatic heterocycles. The largest absolute Gasteiger partial charge is 0.484 e. The average Bonchev–Trinajstić information content (AvgIpc) is 2.70. The quantitative estimate of drug-likeness (QED) is 0.516. The van der Waals surface area contributed by atoms with Gasteiger partial charge in [-0.3, -0.25) is 14.9 Å². The summed E-state index contributed by atoms with van der Waals surface area (Å²) in [4.78, 5) is 26.9. The van der Waals surface area contributed by atoms with E-state index in [2.05, 4.69) is 0 Å². The van der Waals surface area contributed by atoms with E-state index in [0.717, 1.165) is 11.1 Å². The lowest BCUT2D eigenvalue weighted by Crippen LogP contribution is -2.50. The van der Waals surface area contributed by atoms with Crippen LogP contribution in [-0.4, -0.2) is 48.5 Å². The third-order valence-electron chi connectivity index (χ3n) is 4.88. The average molecular weight is 438 g/mol. The standard InChI is InChI=1S/C20H21Cl2N3O4/c1-13-10-15(11-14(2)19(13)22)29-12-18(26)23-6-8-24(9-7-23)20-16(21)4-3-5-17(20)25(27)28/h3-5,10-11H,6-9,12H2,1-2H3.